The second-order valence-electron chi connectivity index (χ2n) is 9.00. The van der Waals surface area contributed by atoms with Crippen LogP contribution in [-0.4, -0.2) is 4.57 Å². The molecule has 1 heterocycles. The fourth-order valence-corrected chi connectivity index (χ4v) is 5.65. The predicted octanol–water partition coefficient (Wildman–Crippen LogP) is 8.84. The fourth-order valence-electron chi connectivity index (χ4n) is 5.65. The van der Waals surface area contributed by atoms with Crippen LogP contribution >= 0.6 is 0 Å². The molecule has 1 aliphatic rings. The van der Waals surface area contributed by atoms with Gasteiger partial charge in [-0.1, -0.05) is 90.5 Å². The van der Waals surface area contributed by atoms with Gasteiger partial charge in [-0.05, 0) is 58.8 Å². The molecule has 1 nitrogen and oxygen atoms in total. The highest BCUT2D eigenvalue weighted by molar-refractivity contribution is 6.36. The van der Waals surface area contributed by atoms with Crippen molar-refractivity contribution in [3.63, 3.8) is 0 Å². The van der Waals surface area contributed by atoms with Gasteiger partial charge in [0, 0.05) is 21.9 Å². The average Bonchev–Trinajstić information content (AvgIpc) is 3.21. The molecule has 1 aromatic heterocycles. The second-order valence-corrected chi connectivity index (χ2v) is 9.00. The molecule has 0 saturated heterocycles. The Kier molecular flexibility index (Phi) is 3.66. The third-order valence-corrected chi connectivity index (χ3v) is 7.15. The minimum absolute atomic E-state index is 1.06. The summed E-state index contributed by atoms with van der Waals surface area (Å²) in [6.45, 7) is 2.23. The van der Waals surface area contributed by atoms with Crippen molar-refractivity contribution in [2.24, 2.45) is 0 Å². The monoisotopic (exact) mass is 409 g/mol. The first-order valence-electron chi connectivity index (χ1n) is 11.4. The van der Waals surface area contributed by atoms with E-state index in [1.54, 1.807) is 0 Å². The van der Waals surface area contributed by atoms with Gasteiger partial charge in [-0.25, -0.2) is 0 Å². The van der Waals surface area contributed by atoms with Crippen molar-refractivity contribution in [2.75, 3.05) is 0 Å². The molecule has 0 radical (unpaired) electrons. The lowest BCUT2D eigenvalue weighted by atomic mass is 9.95. The molecular weight excluding hydrogens is 386 g/mol. The third-order valence-electron chi connectivity index (χ3n) is 7.15. The molecule has 0 spiro atoms. The van der Waals surface area contributed by atoms with Crippen LogP contribution in [0, 0.1) is 0 Å². The molecule has 0 atom stereocenters. The Bertz CT molecular complexity index is 1780. The average molecular weight is 410 g/mol. The van der Waals surface area contributed by atoms with Gasteiger partial charge in [0.15, 0.2) is 0 Å². The van der Waals surface area contributed by atoms with Crippen LogP contribution in [0.2, 0.25) is 0 Å². The first-order chi connectivity index (χ1) is 15.8. The van der Waals surface area contributed by atoms with Crippen molar-refractivity contribution in [1.29, 1.82) is 0 Å². The number of allylic oxidation sites excluding steroid dienone is 4. The molecule has 0 amide bonds. The molecule has 1 heteroatoms. The molecule has 0 fully saturated rings. The standard InChI is InChI=1S/C31H23N/c1-20-14-17-22(18-15-20)32-28-19-16-21-8-2-3-9-23(21)29(28)30-26-12-6-4-10-24(26)25-11-5-7-13-27(25)31(30)32/h2-14,16-17,19H,15,18H2,1H3. The Balaban J connectivity index is 1.85. The number of aromatic nitrogens is 1. The molecule has 5 aromatic carbocycles. The SMILES string of the molecule is CC1=CC=C(n2c3ccc4ccccc4c3c3c4ccccc4c4ccccc4c32)CC1. The number of rotatable bonds is 1. The molecule has 32 heavy (non-hydrogen) atoms. The van der Waals surface area contributed by atoms with Gasteiger partial charge in [-0.15, -0.1) is 0 Å². The van der Waals surface area contributed by atoms with Gasteiger partial charge >= 0.3 is 0 Å². The maximum atomic E-state index is 2.55. The summed E-state index contributed by atoms with van der Waals surface area (Å²) in [4.78, 5) is 0. The lowest BCUT2D eigenvalue weighted by molar-refractivity contribution is 0.928. The first-order valence-corrected chi connectivity index (χ1v) is 11.4. The van der Waals surface area contributed by atoms with Crippen molar-refractivity contribution in [3.8, 4) is 0 Å². The third kappa shape index (κ3) is 2.34. The summed E-state index contributed by atoms with van der Waals surface area (Å²) >= 11 is 0. The van der Waals surface area contributed by atoms with E-state index in [2.05, 4.69) is 109 Å². The van der Waals surface area contributed by atoms with E-state index in [9.17, 15) is 0 Å². The summed E-state index contributed by atoms with van der Waals surface area (Å²) in [6.07, 6.45) is 6.80. The Morgan fingerprint density at radius 3 is 1.97 bits per heavy atom. The molecule has 0 bridgehead atoms. The summed E-state index contributed by atoms with van der Waals surface area (Å²) in [5.74, 6) is 0. The largest absolute Gasteiger partial charge is 0.312 e. The smallest absolute Gasteiger partial charge is 0.0622 e. The van der Waals surface area contributed by atoms with Crippen LogP contribution in [0.4, 0.5) is 0 Å². The van der Waals surface area contributed by atoms with E-state index < -0.39 is 0 Å². The van der Waals surface area contributed by atoms with E-state index in [4.69, 9.17) is 0 Å². The molecular formula is C31H23N. The van der Waals surface area contributed by atoms with Crippen molar-refractivity contribution in [3.05, 3.63) is 103 Å². The van der Waals surface area contributed by atoms with Crippen LogP contribution in [0.1, 0.15) is 19.8 Å². The highest BCUT2D eigenvalue weighted by atomic mass is 15.0. The van der Waals surface area contributed by atoms with Gasteiger partial charge in [0.05, 0.1) is 11.0 Å². The molecule has 152 valence electrons. The molecule has 1 aliphatic carbocycles. The Morgan fingerprint density at radius 2 is 1.22 bits per heavy atom. The lowest BCUT2D eigenvalue weighted by Gasteiger charge is -2.17. The molecule has 7 rings (SSSR count). The summed E-state index contributed by atoms with van der Waals surface area (Å²) in [5.41, 5.74) is 5.48. The Morgan fingerprint density at radius 1 is 0.562 bits per heavy atom. The number of hydrogen-bond acceptors (Lipinski definition) is 0. The van der Waals surface area contributed by atoms with E-state index in [0.29, 0.717) is 0 Å². The zero-order valence-electron chi connectivity index (χ0n) is 18.1. The van der Waals surface area contributed by atoms with Gasteiger partial charge in [0.25, 0.3) is 0 Å². The van der Waals surface area contributed by atoms with Gasteiger partial charge in [-0.2, -0.15) is 0 Å². The quantitative estimate of drug-likeness (QED) is 0.239. The van der Waals surface area contributed by atoms with Crippen LogP contribution in [-0.2, 0) is 0 Å². The van der Waals surface area contributed by atoms with Crippen LogP contribution in [0.15, 0.2) is 103 Å². The van der Waals surface area contributed by atoms with Crippen LogP contribution in [0.25, 0.3) is 59.8 Å². The highest BCUT2D eigenvalue weighted by Crippen LogP contribution is 2.45. The van der Waals surface area contributed by atoms with Gasteiger partial charge < -0.3 is 4.57 Å². The normalized spacial score (nSPS) is 14.5. The van der Waals surface area contributed by atoms with Crippen molar-refractivity contribution in [1.82, 2.24) is 4.57 Å². The zero-order chi connectivity index (χ0) is 21.2. The van der Waals surface area contributed by atoms with Gasteiger partial charge in [-0.3, -0.25) is 0 Å². The topological polar surface area (TPSA) is 4.93 Å². The maximum absolute atomic E-state index is 2.55. The maximum Gasteiger partial charge on any atom is 0.0622 e. The van der Waals surface area contributed by atoms with Gasteiger partial charge in [0.2, 0.25) is 0 Å². The fraction of sp³-hybridized carbons (Fsp3) is 0.0968. The first kappa shape index (κ1) is 17.8. The highest BCUT2D eigenvalue weighted by Gasteiger charge is 2.21. The number of benzene rings is 5. The molecule has 0 aliphatic heterocycles. The number of hydrogen-bond donors (Lipinski definition) is 0. The van der Waals surface area contributed by atoms with Crippen molar-refractivity contribution >= 4 is 59.8 Å². The summed E-state index contributed by atoms with van der Waals surface area (Å²) in [6, 6.07) is 31.2. The summed E-state index contributed by atoms with van der Waals surface area (Å²) in [7, 11) is 0. The summed E-state index contributed by atoms with van der Waals surface area (Å²) in [5, 5.41) is 10.7. The number of nitrogens with zero attached hydrogens (tertiary/aromatic N) is 1. The van der Waals surface area contributed by atoms with E-state index in [-0.39, 0.29) is 0 Å². The molecule has 0 N–H and O–H groups in total. The van der Waals surface area contributed by atoms with Crippen LogP contribution in [0.3, 0.4) is 0 Å². The van der Waals surface area contributed by atoms with Crippen molar-refractivity contribution < 1.29 is 0 Å². The Hall–Kier alpha value is -3.84. The van der Waals surface area contributed by atoms with Crippen LogP contribution < -0.4 is 0 Å². The number of fused-ring (bicyclic) bond motifs is 10. The molecule has 0 unspecified atom stereocenters. The predicted molar refractivity (Wildman–Crippen MR) is 139 cm³/mol. The van der Waals surface area contributed by atoms with E-state index >= 15 is 0 Å². The van der Waals surface area contributed by atoms with Crippen LogP contribution in [0.5, 0.6) is 0 Å². The van der Waals surface area contributed by atoms with Crippen molar-refractivity contribution in [2.45, 2.75) is 19.8 Å². The summed E-state index contributed by atoms with van der Waals surface area (Å²) < 4.78 is 2.55. The minimum atomic E-state index is 1.06. The van der Waals surface area contributed by atoms with E-state index in [1.807, 2.05) is 0 Å². The molecule has 6 aromatic rings. The van der Waals surface area contributed by atoms with E-state index in [0.717, 1.165) is 12.8 Å². The lowest BCUT2D eigenvalue weighted by Crippen LogP contribution is -2.01. The van der Waals surface area contributed by atoms with Gasteiger partial charge in [0.1, 0.15) is 0 Å². The Labute approximate surface area is 186 Å². The molecule has 0 saturated carbocycles. The zero-order valence-corrected chi connectivity index (χ0v) is 18.1. The van der Waals surface area contributed by atoms with E-state index in [1.165, 1.54) is 65.4 Å². The second kappa shape index (κ2) is 6.58. The minimum Gasteiger partial charge on any atom is -0.312 e.